The highest BCUT2D eigenvalue weighted by atomic mass is 35.5. The summed E-state index contributed by atoms with van der Waals surface area (Å²) in [5, 5.41) is 0. The molecule has 0 bridgehead atoms. The third kappa shape index (κ3) is 5.14. The Labute approximate surface area is 133 Å². The summed E-state index contributed by atoms with van der Waals surface area (Å²) in [6, 6.07) is 8.51. The number of halogens is 1. The van der Waals surface area contributed by atoms with Gasteiger partial charge in [0.2, 0.25) is 0 Å². The highest BCUT2D eigenvalue weighted by Crippen LogP contribution is 2.36. The van der Waals surface area contributed by atoms with Crippen molar-refractivity contribution in [1.29, 1.82) is 0 Å². The average molecular weight is 303 g/mol. The van der Waals surface area contributed by atoms with Gasteiger partial charge in [-0.15, -0.1) is 5.92 Å². The van der Waals surface area contributed by atoms with E-state index in [2.05, 4.69) is 43.0 Å². The zero-order chi connectivity index (χ0) is 14.9. The van der Waals surface area contributed by atoms with Crippen LogP contribution >= 0.6 is 11.6 Å². The van der Waals surface area contributed by atoms with E-state index in [-0.39, 0.29) is 0 Å². The van der Waals surface area contributed by atoms with Crippen molar-refractivity contribution in [2.24, 2.45) is 5.92 Å². The summed E-state index contributed by atoms with van der Waals surface area (Å²) in [5.74, 6) is 8.81. The van der Waals surface area contributed by atoms with Crippen molar-refractivity contribution >= 4 is 11.6 Å². The smallest absolute Gasteiger partial charge is 0.119 e. The molecule has 2 heteroatoms. The Balaban J connectivity index is 1.86. The molecule has 1 aliphatic carbocycles. The van der Waals surface area contributed by atoms with Gasteiger partial charge >= 0.3 is 0 Å². The highest BCUT2D eigenvalue weighted by Gasteiger charge is 2.21. The summed E-state index contributed by atoms with van der Waals surface area (Å²) in [6.45, 7) is 2.63. The van der Waals surface area contributed by atoms with Gasteiger partial charge in [0, 0.05) is 17.9 Å². The van der Waals surface area contributed by atoms with Gasteiger partial charge in [-0.3, -0.25) is 0 Å². The number of hydrogen-bond acceptors (Lipinski definition) is 1. The van der Waals surface area contributed by atoms with Crippen LogP contribution in [0.3, 0.4) is 0 Å². The van der Waals surface area contributed by atoms with Crippen LogP contribution in [0.4, 0.5) is 0 Å². The van der Waals surface area contributed by atoms with Crippen LogP contribution in [0, 0.1) is 17.8 Å². The maximum atomic E-state index is 5.56. The van der Waals surface area contributed by atoms with Crippen molar-refractivity contribution in [3.63, 3.8) is 0 Å². The molecule has 0 aromatic heterocycles. The molecule has 0 N–H and O–H groups in total. The fourth-order valence-electron chi connectivity index (χ4n) is 2.83. The molecule has 0 radical (unpaired) electrons. The molecule has 1 aromatic rings. The van der Waals surface area contributed by atoms with Gasteiger partial charge < -0.3 is 4.74 Å². The highest BCUT2D eigenvalue weighted by molar-refractivity contribution is 6.25. The summed E-state index contributed by atoms with van der Waals surface area (Å²) < 4.78 is 5.56. The molecule has 1 nitrogen and oxygen atoms in total. The van der Waals surface area contributed by atoms with Gasteiger partial charge in [-0.2, -0.15) is 0 Å². The van der Waals surface area contributed by atoms with Crippen LogP contribution in [0.25, 0.3) is 0 Å². The molecule has 0 aliphatic heterocycles. The standard InChI is InChI=1S/C19H23ClO/c1-2-3-5-16-6-8-17(9-7-16)18-10-12-19(13-11-18)21-15-4-14-20/h4,10-14,16-17H,2,6-9,15H2,1H3/b14-4+/t16-,17-. The lowest BCUT2D eigenvalue weighted by Gasteiger charge is -2.26. The normalized spacial score (nSPS) is 21.8. The van der Waals surface area contributed by atoms with E-state index in [1.54, 1.807) is 6.08 Å². The summed E-state index contributed by atoms with van der Waals surface area (Å²) in [7, 11) is 0. The number of rotatable bonds is 4. The Morgan fingerprint density at radius 3 is 2.52 bits per heavy atom. The lowest BCUT2D eigenvalue weighted by Crippen LogP contribution is -2.12. The third-order valence-electron chi connectivity index (χ3n) is 4.00. The van der Waals surface area contributed by atoms with Crippen LogP contribution in [0.1, 0.15) is 50.5 Å². The molecule has 1 fully saturated rings. The zero-order valence-corrected chi connectivity index (χ0v) is 13.4. The van der Waals surface area contributed by atoms with E-state index < -0.39 is 0 Å². The molecule has 0 amide bonds. The first-order valence-corrected chi connectivity index (χ1v) is 8.23. The molecule has 1 aliphatic rings. The molecule has 0 unspecified atom stereocenters. The Bertz CT molecular complexity index is 499. The SMILES string of the molecule is CCC#C[C@H]1CC[C@H](c2ccc(OC/C=C/Cl)cc2)CC1. The van der Waals surface area contributed by atoms with Gasteiger partial charge in [-0.1, -0.05) is 36.6 Å². The minimum absolute atomic E-state index is 0.518. The topological polar surface area (TPSA) is 9.23 Å². The minimum atomic E-state index is 0.518. The van der Waals surface area contributed by atoms with Gasteiger partial charge in [0.1, 0.15) is 12.4 Å². The van der Waals surface area contributed by atoms with Crippen LogP contribution in [0.15, 0.2) is 35.9 Å². The monoisotopic (exact) mass is 302 g/mol. The molecule has 0 atom stereocenters. The molecule has 0 saturated heterocycles. The maximum absolute atomic E-state index is 5.56. The quantitative estimate of drug-likeness (QED) is 0.667. The van der Waals surface area contributed by atoms with Gasteiger partial charge in [-0.25, -0.2) is 0 Å². The average Bonchev–Trinajstić information content (AvgIpc) is 2.54. The van der Waals surface area contributed by atoms with Crippen LogP contribution < -0.4 is 4.74 Å². The van der Waals surface area contributed by atoms with Crippen molar-refractivity contribution in [2.75, 3.05) is 6.61 Å². The Kier molecular flexibility index (Phi) is 6.70. The Hall–Kier alpha value is -1.39. The van der Waals surface area contributed by atoms with Gasteiger partial charge in [0.15, 0.2) is 0 Å². The Morgan fingerprint density at radius 2 is 1.90 bits per heavy atom. The van der Waals surface area contributed by atoms with Gasteiger partial charge in [0.05, 0.1) is 0 Å². The number of hydrogen-bond donors (Lipinski definition) is 0. The van der Waals surface area contributed by atoms with E-state index in [1.807, 2.05) is 0 Å². The zero-order valence-electron chi connectivity index (χ0n) is 12.6. The number of ether oxygens (including phenoxy) is 1. The summed E-state index contributed by atoms with van der Waals surface area (Å²) in [6.07, 6.45) is 7.72. The minimum Gasteiger partial charge on any atom is -0.490 e. The third-order valence-corrected chi connectivity index (χ3v) is 4.18. The second-order valence-electron chi connectivity index (χ2n) is 5.46. The summed E-state index contributed by atoms with van der Waals surface area (Å²) >= 11 is 5.47. The first-order valence-electron chi connectivity index (χ1n) is 7.79. The lowest BCUT2D eigenvalue weighted by atomic mass is 9.79. The molecular weight excluding hydrogens is 280 g/mol. The summed E-state index contributed by atoms with van der Waals surface area (Å²) in [4.78, 5) is 0. The summed E-state index contributed by atoms with van der Waals surface area (Å²) in [5.41, 5.74) is 2.91. The van der Waals surface area contributed by atoms with Crippen LogP contribution in [0.5, 0.6) is 5.75 Å². The van der Waals surface area contributed by atoms with Crippen LogP contribution in [-0.4, -0.2) is 6.61 Å². The van der Waals surface area contributed by atoms with Gasteiger partial charge in [0.25, 0.3) is 0 Å². The second kappa shape index (κ2) is 8.80. The van der Waals surface area contributed by atoms with Crippen molar-refractivity contribution in [1.82, 2.24) is 0 Å². The van der Waals surface area contributed by atoms with E-state index in [4.69, 9.17) is 16.3 Å². The van der Waals surface area contributed by atoms with Gasteiger partial charge in [-0.05, 0) is 55.4 Å². The van der Waals surface area contributed by atoms with Crippen LogP contribution in [-0.2, 0) is 0 Å². The van der Waals surface area contributed by atoms with Crippen molar-refractivity contribution in [3.05, 3.63) is 41.4 Å². The van der Waals surface area contributed by atoms with E-state index in [0.717, 1.165) is 12.2 Å². The second-order valence-corrected chi connectivity index (χ2v) is 5.72. The number of benzene rings is 1. The molecule has 0 heterocycles. The molecule has 1 saturated carbocycles. The fraction of sp³-hybridized carbons (Fsp3) is 0.474. The lowest BCUT2D eigenvalue weighted by molar-refractivity contribution is 0.361. The first-order chi connectivity index (χ1) is 10.3. The van der Waals surface area contributed by atoms with E-state index in [9.17, 15) is 0 Å². The largest absolute Gasteiger partial charge is 0.490 e. The van der Waals surface area contributed by atoms with E-state index in [0.29, 0.717) is 18.4 Å². The molecule has 21 heavy (non-hydrogen) atoms. The molecule has 1 aromatic carbocycles. The fourth-order valence-corrected chi connectivity index (χ4v) is 2.91. The predicted molar refractivity (Wildman–Crippen MR) is 89.7 cm³/mol. The van der Waals surface area contributed by atoms with E-state index in [1.165, 1.54) is 36.8 Å². The molecule has 2 rings (SSSR count). The molecule has 112 valence electrons. The van der Waals surface area contributed by atoms with Crippen molar-refractivity contribution < 1.29 is 4.74 Å². The van der Waals surface area contributed by atoms with Crippen LogP contribution in [0.2, 0.25) is 0 Å². The predicted octanol–water partition coefficient (Wildman–Crippen LogP) is 5.51. The maximum Gasteiger partial charge on any atom is 0.119 e. The molecule has 0 spiro atoms. The Morgan fingerprint density at radius 1 is 1.19 bits per heavy atom. The first kappa shape index (κ1) is 16.0. The van der Waals surface area contributed by atoms with Crippen molar-refractivity contribution in [2.45, 2.75) is 44.9 Å². The molecular formula is C19H23ClO. The van der Waals surface area contributed by atoms with E-state index >= 15 is 0 Å². The van der Waals surface area contributed by atoms with Crippen molar-refractivity contribution in [3.8, 4) is 17.6 Å².